The highest BCUT2D eigenvalue weighted by molar-refractivity contribution is 7.44. The van der Waals surface area contributed by atoms with Gasteiger partial charge in [-0.15, -0.1) is 11.6 Å². The van der Waals surface area contributed by atoms with E-state index in [4.69, 9.17) is 36.4 Å². The van der Waals surface area contributed by atoms with Gasteiger partial charge in [-0.25, -0.2) is 9.97 Å². The molecule has 0 radical (unpaired) electrons. The lowest BCUT2D eigenvalue weighted by atomic mass is 9.61. The third-order valence-electron chi connectivity index (χ3n) is 6.28. The number of benzene rings is 2. The van der Waals surface area contributed by atoms with Crippen LogP contribution in [0.4, 0.5) is 11.6 Å². The van der Waals surface area contributed by atoms with Crippen LogP contribution in [0.3, 0.4) is 0 Å². The molecule has 2 aliphatic rings. The molecule has 1 spiro atoms. The van der Waals surface area contributed by atoms with E-state index >= 15 is 0 Å². The fourth-order valence-electron chi connectivity index (χ4n) is 4.69. The summed E-state index contributed by atoms with van der Waals surface area (Å²) in [6.07, 6.45) is 2.88. The SMILES string of the molecule is N#CC(CCl)ON1CC2(CC(Nc3ncnc(N)c3-c3ccc(Oc4ccccc4)cc3)C2)C1.O=S. The fourth-order valence-corrected chi connectivity index (χ4v) is 4.81. The topological polar surface area (TPSA) is 126 Å². The quantitative estimate of drug-likeness (QED) is 0.415. The van der Waals surface area contributed by atoms with Crippen LogP contribution in [0.15, 0.2) is 60.9 Å². The number of halogens is 1. The number of hydrogen-bond acceptors (Lipinski definition) is 10. The average Bonchev–Trinajstić information content (AvgIpc) is 2.87. The minimum Gasteiger partial charge on any atom is -0.457 e. The van der Waals surface area contributed by atoms with Gasteiger partial charge >= 0.3 is 0 Å². The van der Waals surface area contributed by atoms with Crippen molar-refractivity contribution in [3.8, 4) is 28.7 Å². The number of ether oxygens (including phenoxy) is 1. The summed E-state index contributed by atoms with van der Waals surface area (Å²) in [6.45, 7) is 1.61. The maximum atomic E-state index is 9.00. The molecule has 1 saturated heterocycles. The summed E-state index contributed by atoms with van der Waals surface area (Å²) in [6, 6.07) is 19.7. The summed E-state index contributed by atoms with van der Waals surface area (Å²) in [5.41, 5.74) is 8.17. The predicted octanol–water partition coefficient (Wildman–Crippen LogP) is 4.12. The summed E-state index contributed by atoms with van der Waals surface area (Å²) >= 11 is 8.57. The van der Waals surface area contributed by atoms with Gasteiger partial charge in [-0.2, -0.15) is 14.5 Å². The third kappa shape index (κ3) is 5.71. The predicted molar refractivity (Wildman–Crippen MR) is 138 cm³/mol. The van der Waals surface area contributed by atoms with Crippen LogP contribution < -0.4 is 15.8 Å². The van der Waals surface area contributed by atoms with Gasteiger partial charge in [-0.1, -0.05) is 30.3 Å². The number of nitrogens with two attached hydrogens (primary N) is 1. The molecular formula is C25H25ClN6O3S. The van der Waals surface area contributed by atoms with Gasteiger partial charge in [0.1, 0.15) is 29.5 Å². The molecule has 3 N–H and O–H groups in total. The molecule has 1 atom stereocenters. The van der Waals surface area contributed by atoms with E-state index < -0.39 is 6.10 Å². The Kier molecular flexibility index (Phi) is 8.28. The average molecular weight is 525 g/mol. The number of nitrogens with one attached hydrogen (secondary N) is 1. The van der Waals surface area contributed by atoms with Crippen molar-refractivity contribution in [2.24, 2.45) is 5.41 Å². The molecule has 36 heavy (non-hydrogen) atoms. The Morgan fingerprint density at radius 1 is 1.14 bits per heavy atom. The monoisotopic (exact) mass is 524 g/mol. The Morgan fingerprint density at radius 3 is 2.44 bits per heavy atom. The highest BCUT2D eigenvalue weighted by Crippen LogP contribution is 2.50. The van der Waals surface area contributed by atoms with Gasteiger partial charge in [-0.3, -0.25) is 4.84 Å². The molecule has 9 nitrogen and oxygen atoms in total. The first-order chi connectivity index (χ1) is 17.6. The number of aromatic nitrogens is 2. The lowest BCUT2D eigenvalue weighted by Gasteiger charge is -2.58. The van der Waals surface area contributed by atoms with E-state index in [0.717, 1.165) is 54.4 Å². The molecule has 1 aliphatic heterocycles. The number of nitrogen functional groups attached to an aromatic ring is 1. The second-order valence-electron chi connectivity index (χ2n) is 8.85. The van der Waals surface area contributed by atoms with Crippen LogP contribution in [-0.4, -0.2) is 50.4 Å². The summed E-state index contributed by atoms with van der Waals surface area (Å²) in [5, 5.41) is 14.4. The number of nitrogens with zero attached hydrogens (tertiary/aromatic N) is 4. The van der Waals surface area contributed by atoms with Crippen molar-refractivity contribution in [1.82, 2.24) is 15.0 Å². The zero-order valence-electron chi connectivity index (χ0n) is 19.3. The molecule has 1 unspecified atom stereocenters. The van der Waals surface area contributed by atoms with Gasteiger partial charge in [0.2, 0.25) is 0 Å². The molecular weight excluding hydrogens is 500 g/mol. The van der Waals surface area contributed by atoms with Crippen LogP contribution in [0, 0.1) is 16.7 Å². The summed E-state index contributed by atoms with van der Waals surface area (Å²) in [5.74, 6) is 2.84. The molecule has 11 heteroatoms. The Morgan fingerprint density at radius 2 is 1.81 bits per heavy atom. The number of rotatable bonds is 8. The highest BCUT2D eigenvalue weighted by Gasteiger charge is 2.53. The number of anilines is 2. The number of hydrogen-bond donors (Lipinski definition) is 2. The van der Waals surface area contributed by atoms with E-state index in [0.29, 0.717) is 5.82 Å². The molecule has 2 heterocycles. The Hall–Kier alpha value is -3.36. The third-order valence-corrected chi connectivity index (χ3v) is 6.56. The molecule has 2 aromatic carbocycles. The molecule has 1 saturated carbocycles. The van der Waals surface area contributed by atoms with Crippen molar-refractivity contribution in [3.05, 3.63) is 60.9 Å². The smallest absolute Gasteiger partial charge is 0.197 e. The largest absolute Gasteiger partial charge is 0.457 e. The normalized spacial score (nSPS) is 17.0. The van der Waals surface area contributed by atoms with Crippen molar-refractivity contribution in [2.45, 2.75) is 25.0 Å². The molecule has 3 aromatic rings. The molecule has 1 aromatic heterocycles. The minimum absolute atomic E-state index is 0.168. The van der Waals surface area contributed by atoms with Gasteiger partial charge < -0.3 is 15.8 Å². The van der Waals surface area contributed by atoms with Crippen LogP contribution in [0.25, 0.3) is 11.1 Å². The summed E-state index contributed by atoms with van der Waals surface area (Å²) in [4.78, 5) is 14.3. The molecule has 5 rings (SSSR count). The Bertz CT molecular complexity index is 1200. The number of alkyl halides is 1. The maximum absolute atomic E-state index is 9.00. The van der Waals surface area contributed by atoms with E-state index in [1.165, 1.54) is 6.33 Å². The van der Waals surface area contributed by atoms with E-state index in [-0.39, 0.29) is 17.3 Å². The standard InChI is InChI=1S/C25H25ClN6O2.OS/c26-12-21(13-27)34-32-14-25(15-32)10-18(11-25)31-24-22(23(28)29-16-30-24)17-6-8-20(9-7-17)33-19-4-2-1-3-5-19;1-2/h1-9,16,18,21H,10-12,14-15H2,(H3,28,29,30,31);. The first-order valence-electron chi connectivity index (χ1n) is 11.3. The van der Waals surface area contributed by atoms with E-state index in [9.17, 15) is 0 Å². The number of hydroxylamine groups is 2. The number of nitriles is 1. The van der Waals surface area contributed by atoms with Crippen molar-refractivity contribution in [3.63, 3.8) is 0 Å². The second kappa shape index (κ2) is 11.6. The first-order valence-corrected chi connectivity index (χ1v) is 12.2. The van der Waals surface area contributed by atoms with Crippen LogP contribution in [-0.2, 0) is 17.4 Å². The van der Waals surface area contributed by atoms with Gasteiger partial charge in [0.15, 0.2) is 18.6 Å². The zero-order valence-corrected chi connectivity index (χ0v) is 20.9. The van der Waals surface area contributed by atoms with Crippen molar-refractivity contribution in [1.29, 1.82) is 5.26 Å². The zero-order chi connectivity index (χ0) is 25.5. The first kappa shape index (κ1) is 25.7. The van der Waals surface area contributed by atoms with Crippen LogP contribution >= 0.6 is 11.6 Å². The van der Waals surface area contributed by atoms with Crippen molar-refractivity contribution in [2.75, 3.05) is 30.0 Å². The molecule has 2 fully saturated rings. The van der Waals surface area contributed by atoms with Crippen LogP contribution in [0.5, 0.6) is 11.5 Å². The maximum Gasteiger partial charge on any atom is 0.197 e. The van der Waals surface area contributed by atoms with Gasteiger partial charge in [0.05, 0.1) is 17.5 Å². The van der Waals surface area contributed by atoms with Gasteiger partial charge in [-0.05, 0) is 42.7 Å². The Balaban J connectivity index is 0.00000148. The number of para-hydroxylation sites is 1. The summed E-state index contributed by atoms with van der Waals surface area (Å²) < 4.78 is 13.7. The van der Waals surface area contributed by atoms with Crippen LogP contribution in [0.2, 0.25) is 0 Å². The van der Waals surface area contributed by atoms with E-state index in [1.54, 1.807) is 0 Å². The molecule has 1 aliphatic carbocycles. The lowest BCUT2D eigenvalue weighted by molar-refractivity contribution is -0.278. The minimum atomic E-state index is -0.593. The fraction of sp³-hybridized carbons (Fsp3) is 0.320. The van der Waals surface area contributed by atoms with Crippen LogP contribution in [0.1, 0.15) is 12.8 Å². The van der Waals surface area contributed by atoms with Crippen molar-refractivity contribution < 1.29 is 13.8 Å². The molecule has 186 valence electrons. The highest BCUT2D eigenvalue weighted by atomic mass is 35.5. The van der Waals surface area contributed by atoms with Crippen molar-refractivity contribution >= 4 is 35.8 Å². The summed E-state index contributed by atoms with van der Waals surface area (Å²) in [7, 11) is 0. The lowest BCUT2D eigenvalue weighted by Crippen LogP contribution is -2.65. The van der Waals surface area contributed by atoms with E-state index in [1.807, 2.05) is 59.7 Å². The Labute approximate surface area is 219 Å². The molecule has 0 bridgehead atoms. The van der Waals surface area contributed by atoms with Gasteiger partial charge in [0.25, 0.3) is 0 Å². The van der Waals surface area contributed by atoms with E-state index in [2.05, 4.69) is 33.9 Å². The molecule has 0 amide bonds. The van der Waals surface area contributed by atoms with Gasteiger partial charge in [0, 0.05) is 24.5 Å². The second-order valence-corrected chi connectivity index (χ2v) is 9.16.